The fourth-order valence-corrected chi connectivity index (χ4v) is 2.27. The molecule has 0 saturated carbocycles. The Labute approximate surface area is 141 Å². The van der Waals surface area contributed by atoms with Crippen LogP contribution in [0, 0.1) is 0 Å². The third kappa shape index (κ3) is 3.99. The number of hydrogen-bond donors (Lipinski definition) is 2. The van der Waals surface area contributed by atoms with E-state index >= 15 is 0 Å². The molecule has 0 aliphatic carbocycles. The summed E-state index contributed by atoms with van der Waals surface area (Å²) in [5, 5.41) is 10.5. The van der Waals surface area contributed by atoms with Gasteiger partial charge in [-0.15, -0.1) is 12.4 Å². The maximum absolute atomic E-state index is 9.61. The molecule has 0 aliphatic rings. The van der Waals surface area contributed by atoms with Crippen LogP contribution in [0.15, 0.2) is 60.7 Å². The monoisotopic (exact) mass is 330 g/mol. The molecule has 3 N–H and O–H groups in total. The van der Waals surface area contributed by atoms with E-state index in [0.29, 0.717) is 5.75 Å². The van der Waals surface area contributed by atoms with E-state index < -0.39 is 6.10 Å². The number of hydrogen-bond acceptors (Lipinski definition) is 4. The molecule has 0 bridgehead atoms. The van der Waals surface area contributed by atoms with Crippen molar-refractivity contribution in [1.29, 1.82) is 0 Å². The van der Waals surface area contributed by atoms with E-state index in [1.165, 1.54) is 0 Å². The van der Waals surface area contributed by atoms with Gasteiger partial charge in [-0.3, -0.25) is 0 Å². The molecule has 0 spiro atoms. The van der Waals surface area contributed by atoms with E-state index in [0.717, 1.165) is 22.2 Å². The van der Waals surface area contributed by atoms with Crippen LogP contribution in [0.1, 0.15) is 0 Å². The van der Waals surface area contributed by atoms with Crippen molar-refractivity contribution in [2.24, 2.45) is 5.73 Å². The topological polar surface area (TPSA) is 68.4 Å². The highest BCUT2D eigenvalue weighted by Gasteiger charge is 2.10. The summed E-state index contributed by atoms with van der Waals surface area (Å²) in [7, 11) is 0. The first-order chi connectivity index (χ1) is 10.8. The molecule has 0 fully saturated rings. The van der Waals surface area contributed by atoms with Gasteiger partial charge in [0.15, 0.2) is 0 Å². The van der Waals surface area contributed by atoms with Gasteiger partial charge in [-0.2, -0.15) is 0 Å². The van der Waals surface area contributed by atoms with Crippen LogP contribution in [0.5, 0.6) is 5.75 Å². The van der Waals surface area contributed by atoms with Gasteiger partial charge in [0.25, 0.3) is 0 Å². The van der Waals surface area contributed by atoms with Gasteiger partial charge in [-0.25, -0.2) is 4.98 Å². The van der Waals surface area contributed by atoms with E-state index in [1.807, 2.05) is 60.7 Å². The molecule has 2 aromatic carbocycles. The van der Waals surface area contributed by atoms with Crippen molar-refractivity contribution < 1.29 is 9.84 Å². The number of pyridine rings is 1. The summed E-state index contributed by atoms with van der Waals surface area (Å²) in [5.41, 5.74) is 8.16. The molecule has 0 saturated heterocycles. The number of ether oxygens (including phenoxy) is 1. The van der Waals surface area contributed by atoms with Crippen LogP contribution in [0.25, 0.3) is 22.2 Å². The number of aromatic nitrogens is 1. The Bertz CT molecular complexity index is 765. The van der Waals surface area contributed by atoms with Gasteiger partial charge in [0, 0.05) is 23.6 Å². The van der Waals surface area contributed by atoms with Crippen LogP contribution in [0.3, 0.4) is 0 Å². The van der Waals surface area contributed by atoms with Crippen LogP contribution in [-0.4, -0.2) is 29.3 Å². The molecule has 4 nitrogen and oxygen atoms in total. The van der Waals surface area contributed by atoms with Crippen LogP contribution >= 0.6 is 12.4 Å². The Morgan fingerprint density at radius 2 is 1.74 bits per heavy atom. The summed E-state index contributed by atoms with van der Waals surface area (Å²) < 4.78 is 5.76. The van der Waals surface area contributed by atoms with E-state index in [1.54, 1.807) is 0 Å². The van der Waals surface area contributed by atoms with Gasteiger partial charge >= 0.3 is 0 Å². The molecule has 0 aliphatic heterocycles. The van der Waals surface area contributed by atoms with Gasteiger partial charge in [0.2, 0.25) is 0 Å². The number of nitrogens with zero attached hydrogens (tertiary/aromatic N) is 1. The quantitative estimate of drug-likeness (QED) is 0.754. The first-order valence-electron chi connectivity index (χ1n) is 7.24. The third-order valence-electron chi connectivity index (χ3n) is 3.45. The number of nitrogens with two attached hydrogens (primary N) is 1. The molecule has 120 valence electrons. The Hall–Kier alpha value is -2.14. The van der Waals surface area contributed by atoms with Crippen molar-refractivity contribution in [3.8, 4) is 17.0 Å². The summed E-state index contributed by atoms with van der Waals surface area (Å²) in [4.78, 5) is 4.69. The van der Waals surface area contributed by atoms with Crippen molar-refractivity contribution in [1.82, 2.24) is 4.98 Å². The number of aliphatic hydroxyl groups is 1. The van der Waals surface area contributed by atoms with Crippen molar-refractivity contribution in [3.63, 3.8) is 0 Å². The normalized spacial score (nSPS) is 11.7. The largest absolute Gasteiger partial charge is 0.490 e. The number of rotatable bonds is 5. The summed E-state index contributed by atoms with van der Waals surface area (Å²) in [6.45, 7) is 0.341. The minimum atomic E-state index is -0.674. The molecule has 1 heterocycles. The predicted molar refractivity (Wildman–Crippen MR) is 95.0 cm³/mol. The van der Waals surface area contributed by atoms with E-state index in [2.05, 4.69) is 4.98 Å². The first kappa shape index (κ1) is 17.2. The molecule has 23 heavy (non-hydrogen) atoms. The summed E-state index contributed by atoms with van der Waals surface area (Å²) >= 11 is 0. The summed E-state index contributed by atoms with van der Waals surface area (Å²) in [6, 6.07) is 19.7. The minimum absolute atomic E-state index is 0. The lowest BCUT2D eigenvalue weighted by Crippen LogP contribution is -2.26. The van der Waals surface area contributed by atoms with E-state index in [-0.39, 0.29) is 25.6 Å². The molecule has 0 amide bonds. The Balaban J connectivity index is 0.00000192. The Morgan fingerprint density at radius 1 is 1.04 bits per heavy atom. The number of fused-ring (bicyclic) bond motifs is 1. The van der Waals surface area contributed by atoms with Crippen molar-refractivity contribution in [2.45, 2.75) is 6.10 Å². The highest BCUT2D eigenvalue weighted by atomic mass is 35.5. The lowest BCUT2D eigenvalue weighted by atomic mass is 10.1. The van der Waals surface area contributed by atoms with Crippen molar-refractivity contribution in [3.05, 3.63) is 60.7 Å². The zero-order valence-electron chi connectivity index (χ0n) is 12.6. The fraction of sp³-hybridized carbons (Fsp3) is 0.167. The molecule has 0 unspecified atom stereocenters. The van der Waals surface area contributed by atoms with Crippen LogP contribution < -0.4 is 10.5 Å². The lowest BCUT2D eigenvalue weighted by molar-refractivity contribution is 0.115. The maximum atomic E-state index is 9.61. The Kier molecular flexibility index (Phi) is 5.93. The van der Waals surface area contributed by atoms with Crippen LogP contribution in [0.2, 0.25) is 0 Å². The second-order valence-electron chi connectivity index (χ2n) is 5.09. The lowest BCUT2D eigenvalue weighted by Gasteiger charge is -2.13. The number of para-hydroxylation sites is 1. The SMILES string of the molecule is Cl.NC[C@H](O)COc1cc(-c2ccccc2)nc2ccccc12. The van der Waals surface area contributed by atoms with Crippen LogP contribution in [-0.2, 0) is 0 Å². The zero-order chi connectivity index (χ0) is 15.4. The Morgan fingerprint density at radius 3 is 2.48 bits per heavy atom. The molecule has 1 aromatic heterocycles. The maximum Gasteiger partial charge on any atom is 0.131 e. The van der Waals surface area contributed by atoms with Gasteiger partial charge in [-0.1, -0.05) is 42.5 Å². The average Bonchev–Trinajstić information content (AvgIpc) is 2.59. The molecule has 3 aromatic rings. The molecule has 3 rings (SSSR count). The number of aliphatic hydroxyl groups excluding tert-OH is 1. The standard InChI is InChI=1S/C18H18N2O2.ClH/c19-11-14(21)12-22-18-10-17(13-6-2-1-3-7-13)20-16-9-5-4-8-15(16)18;/h1-10,14,21H,11-12,19H2;1H/t14-;/m0./s1. The number of halogens is 1. The molecule has 0 radical (unpaired) electrons. The highest BCUT2D eigenvalue weighted by Crippen LogP contribution is 2.29. The molecule has 5 heteroatoms. The van der Waals surface area contributed by atoms with Crippen molar-refractivity contribution >= 4 is 23.3 Å². The second-order valence-corrected chi connectivity index (χ2v) is 5.09. The summed E-state index contributed by atoms with van der Waals surface area (Å²) in [5.74, 6) is 0.706. The second kappa shape index (κ2) is 7.92. The third-order valence-corrected chi connectivity index (χ3v) is 3.45. The highest BCUT2D eigenvalue weighted by molar-refractivity contribution is 5.87. The first-order valence-corrected chi connectivity index (χ1v) is 7.24. The molecular formula is C18H19ClN2O2. The van der Waals surface area contributed by atoms with Gasteiger partial charge in [-0.05, 0) is 12.1 Å². The van der Waals surface area contributed by atoms with Gasteiger partial charge in [0.1, 0.15) is 18.5 Å². The predicted octanol–water partition coefficient (Wildman–Crippen LogP) is 3.02. The molecule has 1 atom stereocenters. The van der Waals surface area contributed by atoms with Gasteiger partial charge in [0.05, 0.1) is 11.2 Å². The smallest absolute Gasteiger partial charge is 0.131 e. The van der Waals surface area contributed by atoms with E-state index in [4.69, 9.17) is 10.5 Å². The summed E-state index contributed by atoms with van der Waals surface area (Å²) in [6.07, 6.45) is -0.674. The van der Waals surface area contributed by atoms with Crippen LogP contribution in [0.4, 0.5) is 0 Å². The number of benzene rings is 2. The molecular weight excluding hydrogens is 312 g/mol. The fourth-order valence-electron chi connectivity index (χ4n) is 2.27. The minimum Gasteiger partial charge on any atom is -0.490 e. The van der Waals surface area contributed by atoms with E-state index in [9.17, 15) is 5.11 Å². The van der Waals surface area contributed by atoms with Crippen molar-refractivity contribution in [2.75, 3.05) is 13.2 Å². The zero-order valence-corrected chi connectivity index (χ0v) is 13.4. The van der Waals surface area contributed by atoms with Gasteiger partial charge < -0.3 is 15.6 Å². The average molecular weight is 331 g/mol.